The molecule has 2 heterocycles. The molecule has 1 amide bonds. The summed E-state index contributed by atoms with van der Waals surface area (Å²) in [4.78, 5) is 14.2. The van der Waals surface area contributed by atoms with Crippen LogP contribution in [0.3, 0.4) is 0 Å². The van der Waals surface area contributed by atoms with Crippen LogP contribution in [0.1, 0.15) is 32.2 Å². The number of aliphatic hydroxyl groups excluding tert-OH is 1. The lowest BCUT2D eigenvalue weighted by Crippen LogP contribution is -2.50. The molecule has 0 bridgehead atoms. The van der Waals surface area contributed by atoms with E-state index in [0.29, 0.717) is 32.4 Å². The maximum atomic E-state index is 12.4. The van der Waals surface area contributed by atoms with Crippen molar-refractivity contribution in [1.82, 2.24) is 14.7 Å². The largest absolute Gasteiger partial charge is 0.393 e. The van der Waals surface area contributed by atoms with E-state index in [9.17, 15) is 9.90 Å². The van der Waals surface area contributed by atoms with Gasteiger partial charge in [-0.25, -0.2) is 0 Å². The molecule has 2 rings (SSSR count). The molecule has 1 aromatic heterocycles. The zero-order chi connectivity index (χ0) is 13.9. The number of amides is 1. The molecule has 2 N–H and O–H groups in total. The SMILES string of the molecule is CC[C@@H](C(=O)N1CCC(O)(CO)CC1)n1cccn1. The molecule has 1 atom stereocenters. The van der Waals surface area contributed by atoms with Crippen LogP contribution in [-0.2, 0) is 4.79 Å². The van der Waals surface area contributed by atoms with Gasteiger partial charge in [-0.2, -0.15) is 5.10 Å². The third-order valence-electron chi connectivity index (χ3n) is 3.82. The van der Waals surface area contributed by atoms with Gasteiger partial charge in [-0.05, 0) is 25.3 Å². The molecule has 106 valence electrons. The Morgan fingerprint density at radius 1 is 1.47 bits per heavy atom. The normalized spacial score (nSPS) is 20.3. The van der Waals surface area contributed by atoms with Gasteiger partial charge in [-0.3, -0.25) is 9.48 Å². The quantitative estimate of drug-likeness (QED) is 0.815. The molecular formula is C13H21N3O3. The first-order valence-corrected chi connectivity index (χ1v) is 6.71. The number of hydrogen-bond acceptors (Lipinski definition) is 4. The third kappa shape index (κ3) is 2.96. The van der Waals surface area contributed by atoms with E-state index in [2.05, 4.69) is 5.10 Å². The number of carbonyl (C=O) groups excluding carboxylic acids is 1. The van der Waals surface area contributed by atoms with Crippen LogP contribution in [0.15, 0.2) is 18.5 Å². The van der Waals surface area contributed by atoms with Crippen molar-refractivity contribution in [3.8, 4) is 0 Å². The molecule has 19 heavy (non-hydrogen) atoms. The van der Waals surface area contributed by atoms with Crippen molar-refractivity contribution in [3.63, 3.8) is 0 Å². The average Bonchev–Trinajstić information content (AvgIpc) is 2.94. The predicted molar refractivity (Wildman–Crippen MR) is 69.4 cm³/mol. The Balaban J connectivity index is 2.01. The predicted octanol–water partition coefficient (Wildman–Crippen LogP) is 0.180. The molecular weight excluding hydrogens is 246 g/mol. The fourth-order valence-electron chi connectivity index (χ4n) is 2.45. The molecule has 0 saturated carbocycles. The molecule has 0 aromatic carbocycles. The number of likely N-dealkylation sites (tertiary alicyclic amines) is 1. The molecule has 1 saturated heterocycles. The van der Waals surface area contributed by atoms with E-state index < -0.39 is 5.60 Å². The van der Waals surface area contributed by atoms with Gasteiger partial charge in [-0.1, -0.05) is 6.92 Å². The summed E-state index contributed by atoms with van der Waals surface area (Å²) in [5, 5.41) is 23.2. The molecule has 0 unspecified atom stereocenters. The highest BCUT2D eigenvalue weighted by Gasteiger charge is 2.35. The summed E-state index contributed by atoms with van der Waals surface area (Å²) in [5.41, 5.74) is -1.02. The second-order valence-electron chi connectivity index (χ2n) is 5.12. The van der Waals surface area contributed by atoms with Crippen molar-refractivity contribution in [3.05, 3.63) is 18.5 Å². The fourth-order valence-corrected chi connectivity index (χ4v) is 2.45. The minimum Gasteiger partial charge on any atom is -0.393 e. The molecule has 6 heteroatoms. The van der Waals surface area contributed by atoms with Crippen LogP contribution in [0.2, 0.25) is 0 Å². The van der Waals surface area contributed by atoms with E-state index in [1.165, 1.54) is 0 Å². The van der Waals surface area contributed by atoms with Gasteiger partial charge in [0.1, 0.15) is 6.04 Å². The highest BCUT2D eigenvalue weighted by Crippen LogP contribution is 2.24. The highest BCUT2D eigenvalue weighted by atomic mass is 16.3. The van der Waals surface area contributed by atoms with Crippen molar-refractivity contribution in [2.24, 2.45) is 0 Å². The summed E-state index contributed by atoms with van der Waals surface area (Å²) in [6.45, 7) is 2.67. The molecule has 1 fully saturated rings. The first-order valence-electron chi connectivity index (χ1n) is 6.71. The van der Waals surface area contributed by atoms with Crippen LogP contribution in [-0.4, -0.2) is 56.1 Å². The van der Waals surface area contributed by atoms with Crippen LogP contribution in [0.5, 0.6) is 0 Å². The minimum absolute atomic E-state index is 0.0335. The Morgan fingerprint density at radius 3 is 2.63 bits per heavy atom. The summed E-state index contributed by atoms with van der Waals surface area (Å²) in [7, 11) is 0. The Hall–Kier alpha value is -1.40. The van der Waals surface area contributed by atoms with Crippen LogP contribution < -0.4 is 0 Å². The molecule has 0 aliphatic carbocycles. The number of hydrogen-bond donors (Lipinski definition) is 2. The van der Waals surface area contributed by atoms with E-state index in [1.807, 2.05) is 6.92 Å². The zero-order valence-corrected chi connectivity index (χ0v) is 11.2. The number of aromatic nitrogens is 2. The average molecular weight is 267 g/mol. The molecule has 0 spiro atoms. The Labute approximate surface area is 112 Å². The smallest absolute Gasteiger partial charge is 0.247 e. The zero-order valence-electron chi connectivity index (χ0n) is 11.2. The molecule has 1 aromatic rings. The monoisotopic (exact) mass is 267 g/mol. The van der Waals surface area contributed by atoms with Crippen LogP contribution in [0.25, 0.3) is 0 Å². The van der Waals surface area contributed by atoms with Crippen LogP contribution in [0, 0.1) is 0 Å². The maximum absolute atomic E-state index is 12.4. The maximum Gasteiger partial charge on any atom is 0.247 e. The van der Waals surface area contributed by atoms with Gasteiger partial charge >= 0.3 is 0 Å². The van der Waals surface area contributed by atoms with Crippen LogP contribution >= 0.6 is 0 Å². The van der Waals surface area contributed by atoms with Gasteiger partial charge in [0.2, 0.25) is 5.91 Å². The van der Waals surface area contributed by atoms with Crippen molar-refractivity contribution >= 4 is 5.91 Å². The number of aliphatic hydroxyl groups is 2. The molecule has 1 aliphatic rings. The van der Waals surface area contributed by atoms with Crippen molar-refractivity contribution in [1.29, 1.82) is 0 Å². The first-order chi connectivity index (χ1) is 9.09. The van der Waals surface area contributed by atoms with E-state index in [1.54, 1.807) is 28.0 Å². The van der Waals surface area contributed by atoms with E-state index in [4.69, 9.17) is 5.11 Å². The highest BCUT2D eigenvalue weighted by molar-refractivity contribution is 5.80. The molecule has 6 nitrogen and oxygen atoms in total. The topological polar surface area (TPSA) is 78.6 Å². The van der Waals surface area contributed by atoms with Gasteiger partial charge < -0.3 is 15.1 Å². The van der Waals surface area contributed by atoms with Gasteiger partial charge in [0.15, 0.2) is 0 Å². The molecule has 1 aliphatic heterocycles. The number of carbonyl (C=O) groups is 1. The van der Waals surface area contributed by atoms with Gasteiger partial charge in [0, 0.05) is 25.5 Å². The second-order valence-corrected chi connectivity index (χ2v) is 5.12. The minimum atomic E-state index is -1.02. The van der Waals surface area contributed by atoms with Crippen molar-refractivity contribution < 1.29 is 15.0 Å². The summed E-state index contributed by atoms with van der Waals surface area (Å²) in [5.74, 6) is 0.0335. The van der Waals surface area contributed by atoms with E-state index in [-0.39, 0.29) is 18.6 Å². The summed E-state index contributed by atoms with van der Waals surface area (Å²) in [6.07, 6.45) is 4.98. The number of piperidine rings is 1. The lowest BCUT2D eigenvalue weighted by molar-refractivity contribution is -0.140. The van der Waals surface area contributed by atoms with E-state index in [0.717, 1.165) is 0 Å². The van der Waals surface area contributed by atoms with Gasteiger partial charge in [0.05, 0.1) is 12.2 Å². The number of rotatable bonds is 4. The molecule has 0 radical (unpaired) electrons. The fraction of sp³-hybridized carbons (Fsp3) is 0.692. The Bertz CT molecular complexity index is 411. The standard InChI is InChI=1S/C13H21N3O3/c1-2-11(16-7-3-6-14-16)12(18)15-8-4-13(19,10-17)5-9-15/h3,6-7,11,17,19H,2,4-5,8-10H2,1H3/t11-/m0/s1. The Kier molecular flexibility index (Phi) is 4.21. The van der Waals surface area contributed by atoms with Crippen molar-refractivity contribution in [2.75, 3.05) is 19.7 Å². The van der Waals surface area contributed by atoms with Crippen LogP contribution in [0.4, 0.5) is 0 Å². The van der Waals surface area contributed by atoms with E-state index >= 15 is 0 Å². The first kappa shape index (κ1) is 14.0. The summed E-state index contributed by atoms with van der Waals surface area (Å²) in [6, 6.07) is 1.52. The van der Waals surface area contributed by atoms with Gasteiger partial charge in [-0.15, -0.1) is 0 Å². The van der Waals surface area contributed by atoms with Crippen molar-refractivity contribution in [2.45, 2.75) is 37.8 Å². The lowest BCUT2D eigenvalue weighted by Gasteiger charge is -2.38. The third-order valence-corrected chi connectivity index (χ3v) is 3.82. The summed E-state index contributed by atoms with van der Waals surface area (Å²) < 4.78 is 1.68. The van der Waals surface area contributed by atoms with Gasteiger partial charge in [0.25, 0.3) is 0 Å². The second kappa shape index (κ2) is 5.71. The lowest BCUT2D eigenvalue weighted by atomic mass is 9.92. The summed E-state index contributed by atoms with van der Waals surface area (Å²) >= 11 is 0. The Morgan fingerprint density at radius 2 is 2.16 bits per heavy atom. The number of nitrogens with zero attached hydrogens (tertiary/aromatic N) is 3.